The largest absolute Gasteiger partial charge is 0.361 e. The molecule has 0 saturated heterocycles. The Bertz CT molecular complexity index is 926. The summed E-state index contributed by atoms with van der Waals surface area (Å²) in [6, 6.07) is 8.45. The molecule has 0 spiro atoms. The third kappa shape index (κ3) is 5.74. The number of aryl methyl sites for hydroxylation is 1. The second-order valence-electron chi connectivity index (χ2n) is 7.15. The summed E-state index contributed by atoms with van der Waals surface area (Å²) in [6.45, 7) is 7.86. The molecule has 0 aliphatic rings. The van der Waals surface area contributed by atoms with Crippen LogP contribution in [0.5, 0.6) is 0 Å². The van der Waals surface area contributed by atoms with Crippen molar-refractivity contribution in [3.8, 4) is 0 Å². The second kappa shape index (κ2) is 11.2. The van der Waals surface area contributed by atoms with E-state index < -0.39 is 0 Å². The summed E-state index contributed by atoms with van der Waals surface area (Å²) in [4.78, 5) is 7.68. The van der Waals surface area contributed by atoms with Gasteiger partial charge in [-0.05, 0) is 37.3 Å². The molecule has 2 heterocycles. The molecule has 0 saturated carbocycles. The van der Waals surface area contributed by atoms with E-state index in [4.69, 9.17) is 4.52 Å². The van der Waals surface area contributed by atoms with E-state index in [9.17, 15) is 0 Å². The minimum atomic E-state index is 0. The van der Waals surface area contributed by atoms with Crippen LogP contribution < -0.4 is 10.6 Å². The zero-order valence-corrected chi connectivity index (χ0v) is 20.0. The summed E-state index contributed by atoms with van der Waals surface area (Å²) in [6.07, 6.45) is 5.17. The van der Waals surface area contributed by atoms with Crippen LogP contribution in [0.25, 0.3) is 10.9 Å². The number of benzene rings is 1. The van der Waals surface area contributed by atoms with Crippen molar-refractivity contribution >= 4 is 40.8 Å². The number of H-pyrrole nitrogens is 1. The highest BCUT2D eigenvalue weighted by Crippen LogP contribution is 2.22. The number of fused-ring (bicyclic) bond motifs is 1. The Morgan fingerprint density at radius 3 is 2.76 bits per heavy atom. The van der Waals surface area contributed by atoms with Gasteiger partial charge in [0.15, 0.2) is 11.7 Å². The summed E-state index contributed by atoms with van der Waals surface area (Å²) in [5.74, 6) is 2.06. The van der Waals surface area contributed by atoms with E-state index in [0.717, 1.165) is 43.2 Å². The Balaban J connectivity index is 0.00000300. The van der Waals surface area contributed by atoms with Gasteiger partial charge in [-0.3, -0.25) is 4.99 Å². The fourth-order valence-corrected chi connectivity index (χ4v) is 3.59. The van der Waals surface area contributed by atoms with Crippen molar-refractivity contribution in [2.45, 2.75) is 52.5 Å². The molecule has 7 heteroatoms. The molecule has 3 N–H and O–H groups in total. The van der Waals surface area contributed by atoms with Gasteiger partial charge in [0.1, 0.15) is 0 Å². The minimum absolute atomic E-state index is 0. The molecule has 6 nitrogen and oxygen atoms in total. The van der Waals surface area contributed by atoms with Crippen molar-refractivity contribution in [2.75, 3.05) is 13.6 Å². The summed E-state index contributed by atoms with van der Waals surface area (Å²) < 4.78 is 5.47. The molecular weight excluding hydrogens is 477 g/mol. The van der Waals surface area contributed by atoms with Gasteiger partial charge in [-0.1, -0.05) is 37.2 Å². The number of hydrogen-bond donors (Lipinski definition) is 3. The molecule has 3 rings (SSSR count). The molecule has 0 aliphatic heterocycles. The second-order valence-corrected chi connectivity index (χ2v) is 7.15. The molecule has 0 amide bonds. The Kier molecular flexibility index (Phi) is 9.00. The fourth-order valence-electron chi connectivity index (χ4n) is 3.59. The first-order chi connectivity index (χ1) is 13.7. The number of hydrogen-bond acceptors (Lipinski definition) is 3. The van der Waals surface area contributed by atoms with Crippen LogP contribution in [0.2, 0.25) is 0 Å². The quantitative estimate of drug-likeness (QED) is 0.230. The van der Waals surface area contributed by atoms with Crippen LogP contribution in [-0.2, 0) is 13.0 Å². The first-order valence-corrected chi connectivity index (χ1v) is 10.1. The molecule has 0 atom stereocenters. The highest BCUT2D eigenvalue weighted by molar-refractivity contribution is 14.0. The molecular formula is C22H32IN5O. The van der Waals surface area contributed by atoms with Gasteiger partial charge in [0.25, 0.3) is 0 Å². The molecule has 158 valence electrons. The van der Waals surface area contributed by atoms with Crippen LogP contribution in [-0.4, -0.2) is 29.7 Å². The van der Waals surface area contributed by atoms with Gasteiger partial charge in [0.05, 0.1) is 12.2 Å². The van der Waals surface area contributed by atoms with E-state index in [2.05, 4.69) is 70.9 Å². The summed E-state index contributed by atoms with van der Waals surface area (Å²) in [5.41, 5.74) is 4.85. The van der Waals surface area contributed by atoms with Crippen LogP contribution in [0.1, 0.15) is 55.2 Å². The Morgan fingerprint density at radius 1 is 1.24 bits per heavy atom. The first-order valence-electron chi connectivity index (χ1n) is 10.1. The maximum atomic E-state index is 5.47. The number of aromatic nitrogens is 2. The smallest absolute Gasteiger partial charge is 0.191 e. The van der Waals surface area contributed by atoms with E-state index in [1.54, 1.807) is 7.05 Å². The predicted molar refractivity (Wildman–Crippen MR) is 130 cm³/mol. The van der Waals surface area contributed by atoms with Gasteiger partial charge in [-0.25, -0.2) is 0 Å². The van der Waals surface area contributed by atoms with Gasteiger partial charge in [-0.15, -0.1) is 24.0 Å². The van der Waals surface area contributed by atoms with Gasteiger partial charge >= 0.3 is 0 Å². The SMILES string of the molecule is CCC(CC)c1cc(CNC(=NC)NCCc2c[nH]c3c(C)cccc23)on1.I. The van der Waals surface area contributed by atoms with E-state index in [1.165, 1.54) is 22.0 Å². The summed E-state index contributed by atoms with van der Waals surface area (Å²) in [7, 11) is 1.78. The highest BCUT2D eigenvalue weighted by atomic mass is 127. The van der Waals surface area contributed by atoms with Gasteiger partial charge in [-0.2, -0.15) is 0 Å². The molecule has 1 aromatic carbocycles. The number of rotatable bonds is 8. The molecule has 0 fully saturated rings. The van der Waals surface area contributed by atoms with Gasteiger partial charge in [0, 0.05) is 42.7 Å². The number of nitrogens with zero attached hydrogens (tertiary/aromatic N) is 2. The van der Waals surface area contributed by atoms with Gasteiger partial charge in [0.2, 0.25) is 0 Å². The number of guanidine groups is 1. The van der Waals surface area contributed by atoms with Crippen molar-refractivity contribution in [1.82, 2.24) is 20.8 Å². The average molecular weight is 509 g/mol. The van der Waals surface area contributed by atoms with Crippen molar-refractivity contribution in [3.63, 3.8) is 0 Å². The molecule has 0 aliphatic carbocycles. The third-order valence-electron chi connectivity index (χ3n) is 5.33. The van der Waals surface area contributed by atoms with Crippen molar-refractivity contribution in [2.24, 2.45) is 4.99 Å². The van der Waals surface area contributed by atoms with E-state index in [0.29, 0.717) is 12.5 Å². The van der Waals surface area contributed by atoms with Crippen molar-refractivity contribution < 1.29 is 4.52 Å². The molecule has 3 aromatic rings. The predicted octanol–water partition coefficient (Wildman–Crippen LogP) is 4.89. The summed E-state index contributed by atoms with van der Waals surface area (Å²) >= 11 is 0. The van der Waals surface area contributed by atoms with E-state index in [1.807, 2.05) is 6.07 Å². The summed E-state index contributed by atoms with van der Waals surface area (Å²) in [5, 5.41) is 12.2. The molecule has 0 radical (unpaired) electrons. The molecule has 2 aromatic heterocycles. The van der Waals surface area contributed by atoms with Crippen LogP contribution in [0.3, 0.4) is 0 Å². The Labute approximate surface area is 189 Å². The van der Waals surface area contributed by atoms with Crippen LogP contribution in [0.15, 0.2) is 40.0 Å². The minimum Gasteiger partial charge on any atom is -0.361 e. The van der Waals surface area contributed by atoms with Crippen LogP contribution in [0, 0.1) is 6.92 Å². The van der Waals surface area contributed by atoms with Crippen molar-refractivity contribution in [3.05, 3.63) is 53.0 Å². The van der Waals surface area contributed by atoms with E-state index >= 15 is 0 Å². The number of aliphatic imine (C=N–C) groups is 1. The lowest BCUT2D eigenvalue weighted by Crippen LogP contribution is -2.37. The maximum absolute atomic E-state index is 5.47. The standard InChI is InChI=1S/C22H31N5O.HI/c1-5-16(6-2)20-12-18(28-27-20)14-26-22(23-4)24-11-10-17-13-25-21-15(3)8-7-9-19(17)21;/h7-9,12-13,16,25H,5-6,10-11,14H2,1-4H3,(H2,23,24,26);1H. The number of aromatic amines is 1. The average Bonchev–Trinajstić information content (AvgIpc) is 3.34. The maximum Gasteiger partial charge on any atom is 0.191 e. The number of para-hydroxylation sites is 1. The number of nitrogens with one attached hydrogen (secondary N) is 3. The first kappa shape index (κ1) is 23.3. The van der Waals surface area contributed by atoms with Gasteiger partial charge < -0.3 is 20.1 Å². The van der Waals surface area contributed by atoms with E-state index in [-0.39, 0.29) is 24.0 Å². The Morgan fingerprint density at radius 2 is 2.03 bits per heavy atom. The fraction of sp³-hybridized carbons (Fsp3) is 0.455. The van der Waals surface area contributed by atoms with Crippen LogP contribution >= 0.6 is 24.0 Å². The monoisotopic (exact) mass is 509 g/mol. The lowest BCUT2D eigenvalue weighted by Gasteiger charge is -2.10. The molecule has 29 heavy (non-hydrogen) atoms. The number of halogens is 1. The van der Waals surface area contributed by atoms with Crippen molar-refractivity contribution in [1.29, 1.82) is 0 Å². The zero-order chi connectivity index (χ0) is 19.9. The highest BCUT2D eigenvalue weighted by Gasteiger charge is 2.13. The molecule has 0 unspecified atom stereocenters. The lowest BCUT2D eigenvalue weighted by atomic mass is 9.99. The lowest BCUT2D eigenvalue weighted by molar-refractivity contribution is 0.368. The topological polar surface area (TPSA) is 78.2 Å². The normalized spacial score (nSPS) is 11.7. The Hall–Kier alpha value is -2.03. The molecule has 0 bridgehead atoms. The zero-order valence-electron chi connectivity index (χ0n) is 17.7. The third-order valence-corrected chi connectivity index (χ3v) is 5.33. The van der Waals surface area contributed by atoms with Crippen LogP contribution in [0.4, 0.5) is 0 Å².